The van der Waals surface area contributed by atoms with Crippen LogP contribution in [0.1, 0.15) is 6.42 Å². The summed E-state index contributed by atoms with van der Waals surface area (Å²) >= 11 is 0. The molecular weight excluding hydrogens is 261 g/mol. The van der Waals surface area contributed by atoms with Crippen LogP contribution in [0.5, 0.6) is 0 Å². The Morgan fingerprint density at radius 3 is 2.95 bits per heavy atom. The molecule has 0 spiro atoms. The molecular formula is C14H18FN3O2. The molecule has 0 saturated carbocycles. The lowest BCUT2D eigenvalue weighted by Crippen LogP contribution is -2.34. The molecule has 1 aliphatic heterocycles. The summed E-state index contributed by atoms with van der Waals surface area (Å²) in [5.41, 5.74) is 1.11. The second-order valence-electron chi connectivity index (χ2n) is 5.16. The van der Waals surface area contributed by atoms with Gasteiger partial charge in [0.15, 0.2) is 5.82 Å². The average Bonchev–Trinajstić information content (AvgIpc) is 3.01. The van der Waals surface area contributed by atoms with E-state index in [4.69, 9.17) is 4.74 Å². The summed E-state index contributed by atoms with van der Waals surface area (Å²) in [6.45, 7) is 0.687. The number of anilines is 1. The van der Waals surface area contributed by atoms with Crippen molar-refractivity contribution in [3.8, 4) is 0 Å². The molecule has 0 aliphatic carbocycles. The van der Waals surface area contributed by atoms with E-state index in [9.17, 15) is 9.50 Å². The third-order valence-corrected chi connectivity index (χ3v) is 4.02. The van der Waals surface area contributed by atoms with Crippen LogP contribution in [0.3, 0.4) is 0 Å². The summed E-state index contributed by atoms with van der Waals surface area (Å²) in [5.74, 6) is 0.344. The van der Waals surface area contributed by atoms with Gasteiger partial charge in [0.25, 0.3) is 0 Å². The number of para-hydroxylation sites is 1. The highest BCUT2D eigenvalue weighted by Crippen LogP contribution is 2.29. The zero-order chi connectivity index (χ0) is 14.3. The van der Waals surface area contributed by atoms with Crippen molar-refractivity contribution in [3.05, 3.63) is 24.0 Å². The van der Waals surface area contributed by atoms with Crippen LogP contribution in [-0.4, -0.2) is 47.1 Å². The number of aliphatic hydroxyl groups excluding tert-OH is 1. The standard InChI is InChI=1S/C14H18FN3O2/c1-17-12-5-3-4-11(15)13(12)16-14(17)18-7-10(20-2)6-9(18)8-19/h3-5,9-10,19H,6-8H2,1-2H3/t9-,10+/m0/s1. The summed E-state index contributed by atoms with van der Waals surface area (Å²) in [6, 6.07) is 4.88. The molecule has 5 nitrogen and oxygen atoms in total. The number of fused-ring (bicyclic) bond motifs is 1. The van der Waals surface area contributed by atoms with Crippen LogP contribution in [0.15, 0.2) is 18.2 Å². The van der Waals surface area contributed by atoms with E-state index in [1.807, 2.05) is 22.6 Å². The zero-order valence-electron chi connectivity index (χ0n) is 11.6. The van der Waals surface area contributed by atoms with Crippen LogP contribution in [0.25, 0.3) is 11.0 Å². The van der Waals surface area contributed by atoms with Gasteiger partial charge in [0.05, 0.1) is 24.3 Å². The van der Waals surface area contributed by atoms with Gasteiger partial charge in [-0.05, 0) is 18.6 Å². The largest absolute Gasteiger partial charge is 0.394 e. The molecule has 1 aliphatic rings. The Kier molecular flexibility index (Phi) is 3.35. The topological polar surface area (TPSA) is 50.5 Å². The van der Waals surface area contributed by atoms with Crippen molar-refractivity contribution in [1.29, 1.82) is 0 Å². The molecule has 6 heteroatoms. The van der Waals surface area contributed by atoms with Crippen molar-refractivity contribution in [2.45, 2.75) is 18.6 Å². The smallest absolute Gasteiger partial charge is 0.206 e. The molecule has 2 aromatic rings. The van der Waals surface area contributed by atoms with E-state index in [1.54, 1.807) is 13.2 Å². The van der Waals surface area contributed by atoms with Crippen molar-refractivity contribution in [3.63, 3.8) is 0 Å². The van der Waals surface area contributed by atoms with Gasteiger partial charge in [0.1, 0.15) is 5.52 Å². The number of aryl methyl sites for hydroxylation is 1. The first-order valence-electron chi connectivity index (χ1n) is 6.67. The molecule has 2 atom stereocenters. The van der Waals surface area contributed by atoms with Crippen LogP contribution in [-0.2, 0) is 11.8 Å². The first-order valence-corrected chi connectivity index (χ1v) is 6.67. The lowest BCUT2D eigenvalue weighted by atomic mass is 10.2. The van der Waals surface area contributed by atoms with Crippen molar-refractivity contribution in [2.75, 3.05) is 25.2 Å². The number of hydrogen-bond acceptors (Lipinski definition) is 4. The second kappa shape index (κ2) is 5.03. The molecule has 1 aromatic heterocycles. The maximum Gasteiger partial charge on any atom is 0.206 e. The summed E-state index contributed by atoms with van der Waals surface area (Å²) in [6.07, 6.45) is 0.815. The van der Waals surface area contributed by atoms with Gasteiger partial charge in [-0.2, -0.15) is 0 Å². The summed E-state index contributed by atoms with van der Waals surface area (Å²) in [5, 5.41) is 9.52. The van der Waals surface area contributed by atoms with Gasteiger partial charge in [-0.15, -0.1) is 0 Å². The molecule has 3 rings (SSSR count). The van der Waals surface area contributed by atoms with E-state index in [-0.39, 0.29) is 24.6 Å². The van der Waals surface area contributed by atoms with Crippen molar-refractivity contribution >= 4 is 17.0 Å². The van der Waals surface area contributed by atoms with Gasteiger partial charge in [0.2, 0.25) is 5.95 Å². The van der Waals surface area contributed by atoms with Crippen LogP contribution in [0.4, 0.5) is 10.3 Å². The number of aliphatic hydroxyl groups is 1. The molecule has 1 saturated heterocycles. The Balaban J connectivity index is 2.05. The van der Waals surface area contributed by atoms with Gasteiger partial charge in [-0.25, -0.2) is 9.37 Å². The van der Waals surface area contributed by atoms with Crippen molar-refractivity contribution < 1.29 is 14.2 Å². The maximum absolute atomic E-state index is 13.8. The van der Waals surface area contributed by atoms with Gasteiger partial charge >= 0.3 is 0 Å². The monoisotopic (exact) mass is 279 g/mol. The van der Waals surface area contributed by atoms with E-state index < -0.39 is 0 Å². The summed E-state index contributed by atoms with van der Waals surface area (Å²) in [4.78, 5) is 6.40. The Bertz CT molecular complexity index is 628. The molecule has 0 radical (unpaired) electrons. The molecule has 108 valence electrons. The number of nitrogens with zero attached hydrogens (tertiary/aromatic N) is 3. The van der Waals surface area contributed by atoms with E-state index in [0.717, 1.165) is 11.9 Å². The minimum absolute atomic E-state index is 0.0333. The number of hydrogen-bond donors (Lipinski definition) is 1. The number of methoxy groups -OCH3 is 1. The quantitative estimate of drug-likeness (QED) is 0.920. The first kappa shape index (κ1) is 13.3. The first-order chi connectivity index (χ1) is 9.65. The second-order valence-corrected chi connectivity index (χ2v) is 5.16. The third-order valence-electron chi connectivity index (χ3n) is 4.02. The summed E-state index contributed by atoms with van der Waals surface area (Å²) < 4.78 is 21.0. The Morgan fingerprint density at radius 1 is 1.50 bits per heavy atom. The van der Waals surface area contributed by atoms with Crippen LogP contribution >= 0.6 is 0 Å². The predicted molar refractivity (Wildman–Crippen MR) is 74.3 cm³/mol. The number of rotatable bonds is 3. The SMILES string of the molecule is CO[C@@H]1C[C@@H](CO)N(c2nc3c(F)cccc3n2C)C1. The molecule has 1 fully saturated rings. The van der Waals surface area contributed by atoms with Gasteiger partial charge in [-0.3, -0.25) is 0 Å². The van der Waals surface area contributed by atoms with E-state index in [2.05, 4.69) is 4.98 Å². The number of aromatic nitrogens is 2. The van der Waals surface area contributed by atoms with E-state index in [1.165, 1.54) is 6.07 Å². The Labute approximate surface area is 116 Å². The highest BCUT2D eigenvalue weighted by molar-refractivity contribution is 5.79. The fourth-order valence-corrected chi connectivity index (χ4v) is 2.89. The van der Waals surface area contributed by atoms with Gasteiger partial charge in [-0.1, -0.05) is 6.07 Å². The minimum Gasteiger partial charge on any atom is -0.394 e. The molecule has 0 bridgehead atoms. The van der Waals surface area contributed by atoms with Crippen molar-refractivity contribution in [2.24, 2.45) is 7.05 Å². The van der Waals surface area contributed by atoms with Crippen LogP contribution in [0.2, 0.25) is 0 Å². The highest BCUT2D eigenvalue weighted by atomic mass is 19.1. The number of ether oxygens (including phenoxy) is 1. The molecule has 2 heterocycles. The molecule has 1 aromatic carbocycles. The lowest BCUT2D eigenvalue weighted by Gasteiger charge is -2.23. The van der Waals surface area contributed by atoms with Gasteiger partial charge < -0.3 is 19.3 Å². The summed E-state index contributed by atoms with van der Waals surface area (Å²) in [7, 11) is 3.52. The molecule has 0 amide bonds. The van der Waals surface area contributed by atoms with E-state index in [0.29, 0.717) is 18.0 Å². The number of benzene rings is 1. The fourth-order valence-electron chi connectivity index (χ4n) is 2.89. The van der Waals surface area contributed by atoms with Gasteiger partial charge in [0, 0.05) is 20.7 Å². The highest BCUT2D eigenvalue weighted by Gasteiger charge is 2.34. The minimum atomic E-state index is -0.326. The number of imidazole rings is 1. The molecule has 1 N–H and O–H groups in total. The van der Waals surface area contributed by atoms with E-state index >= 15 is 0 Å². The Morgan fingerprint density at radius 2 is 2.30 bits per heavy atom. The molecule has 0 unspecified atom stereocenters. The third kappa shape index (κ3) is 1.96. The van der Waals surface area contributed by atoms with Crippen molar-refractivity contribution in [1.82, 2.24) is 9.55 Å². The number of halogens is 1. The maximum atomic E-state index is 13.8. The Hall–Kier alpha value is -1.66. The average molecular weight is 279 g/mol. The predicted octanol–water partition coefficient (Wildman–Crippen LogP) is 1.30. The zero-order valence-corrected chi connectivity index (χ0v) is 11.6. The van der Waals surface area contributed by atoms with Crippen LogP contribution < -0.4 is 4.90 Å². The molecule has 20 heavy (non-hydrogen) atoms. The lowest BCUT2D eigenvalue weighted by molar-refractivity contribution is 0.115. The normalized spacial score (nSPS) is 22.9. The fraction of sp³-hybridized carbons (Fsp3) is 0.500. The van der Waals surface area contributed by atoms with Crippen LogP contribution in [0, 0.1) is 5.82 Å².